The highest BCUT2D eigenvalue weighted by Crippen LogP contribution is 2.38. The zero-order valence-corrected chi connectivity index (χ0v) is 20.0. The summed E-state index contributed by atoms with van der Waals surface area (Å²) in [6, 6.07) is 7.12. The first kappa shape index (κ1) is 26.8. The summed E-state index contributed by atoms with van der Waals surface area (Å²) in [4.78, 5) is 35.3. The topological polar surface area (TPSA) is 121 Å². The van der Waals surface area contributed by atoms with Gasteiger partial charge in [-0.2, -0.15) is 0 Å². The van der Waals surface area contributed by atoms with Gasteiger partial charge in [-0.3, -0.25) is 9.59 Å². The molecule has 33 heavy (non-hydrogen) atoms. The smallest absolute Gasteiger partial charge is 0.338 e. The molecule has 7 nitrogen and oxygen atoms in total. The SMILES string of the molecule is CCCCC[C@H]1CC[C@H](c2ccc(C(=O)O[C@@H]([C@H](O)CC(=O)O)C(C)(C)C(=O)O)cc2)CC1. The van der Waals surface area contributed by atoms with Gasteiger partial charge in [-0.25, -0.2) is 4.79 Å². The van der Waals surface area contributed by atoms with E-state index in [9.17, 15) is 24.6 Å². The molecule has 1 saturated carbocycles. The maximum Gasteiger partial charge on any atom is 0.338 e. The molecule has 7 heteroatoms. The molecule has 0 radical (unpaired) electrons. The third-order valence-corrected chi connectivity index (χ3v) is 6.91. The summed E-state index contributed by atoms with van der Waals surface area (Å²) in [5.74, 6) is -2.12. The van der Waals surface area contributed by atoms with Crippen molar-refractivity contribution in [3.63, 3.8) is 0 Å². The average Bonchev–Trinajstić information content (AvgIpc) is 2.77. The maximum atomic E-state index is 12.7. The van der Waals surface area contributed by atoms with E-state index in [-0.39, 0.29) is 5.56 Å². The number of aliphatic hydroxyl groups is 1. The van der Waals surface area contributed by atoms with E-state index in [1.54, 1.807) is 12.1 Å². The summed E-state index contributed by atoms with van der Waals surface area (Å²) >= 11 is 0. The normalized spacial score (nSPS) is 20.6. The van der Waals surface area contributed by atoms with E-state index in [0.29, 0.717) is 5.92 Å². The number of hydrogen-bond donors (Lipinski definition) is 3. The summed E-state index contributed by atoms with van der Waals surface area (Å²) in [5.41, 5.74) is -0.257. The van der Waals surface area contributed by atoms with Crippen molar-refractivity contribution in [2.24, 2.45) is 11.3 Å². The monoisotopic (exact) mass is 462 g/mol. The number of benzene rings is 1. The molecule has 1 fully saturated rings. The van der Waals surface area contributed by atoms with Crippen LogP contribution in [0.4, 0.5) is 0 Å². The fraction of sp³-hybridized carbons (Fsp3) is 0.654. The highest BCUT2D eigenvalue weighted by molar-refractivity contribution is 5.90. The van der Waals surface area contributed by atoms with Crippen LogP contribution >= 0.6 is 0 Å². The number of carboxylic acid groups (broad SMARTS) is 2. The highest BCUT2D eigenvalue weighted by atomic mass is 16.6. The highest BCUT2D eigenvalue weighted by Gasteiger charge is 2.44. The van der Waals surface area contributed by atoms with Gasteiger partial charge in [0, 0.05) is 0 Å². The summed E-state index contributed by atoms with van der Waals surface area (Å²) in [6.45, 7) is 4.81. The van der Waals surface area contributed by atoms with Crippen molar-refractivity contribution in [3.8, 4) is 0 Å². The minimum absolute atomic E-state index is 0.237. The van der Waals surface area contributed by atoms with Crippen LogP contribution in [0.15, 0.2) is 24.3 Å². The molecule has 2 atom stereocenters. The zero-order chi connectivity index (χ0) is 24.6. The van der Waals surface area contributed by atoms with Crippen LogP contribution in [-0.2, 0) is 14.3 Å². The van der Waals surface area contributed by atoms with Crippen molar-refractivity contribution in [1.29, 1.82) is 0 Å². The fourth-order valence-corrected chi connectivity index (χ4v) is 4.66. The van der Waals surface area contributed by atoms with Crippen molar-refractivity contribution in [3.05, 3.63) is 35.4 Å². The van der Waals surface area contributed by atoms with E-state index in [1.807, 2.05) is 12.1 Å². The van der Waals surface area contributed by atoms with E-state index < -0.39 is 42.0 Å². The Balaban J connectivity index is 2.02. The van der Waals surface area contributed by atoms with E-state index in [1.165, 1.54) is 57.9 Å². The second-order valence-corrected chi connectivity index (χ2v) is 9.85. The van der Waals surface area contributed by atoms with Crippen LogP contribution in [0.5, 0.6) is 0 Å². The molecule has 0 saturated heterocycles. The Hall–Kier alpha value is -2.41. The number of esters is 1. The first-order valence-corrected chi connectivity index (χ1v) is 12.0. The first-order valence-electron chi connectivity index (χ1n) is 12.0. The number of carbonyl (C=O) groups is 3. The molecular formula is C26H38O7. The van der Waals surface area contributed by atoms with Gasteiger partial charge in [0.2, 0.25) is 0 Å². The number of ether oxygens (including phenoxy) is 1. The van der Waals surface area contributed by atoms with Crippen molar-refractivity contribution >= 4 is 17.9 Å². The molecule has 1 aromatic rings. The van der Waals surface area contributed by atoms with Gasteiger partial charge in [0.15, 0.2) is 0 Å². The standard InChI is InChI=1S/C26H38O7/c1-4-5-6-7-17-8-10-18(11-9-17)19-12-14-20(15-13-19)24(30)33-23(21(27)16-22(28)29)26(2,3)25(31)32/h12-15,17-18,21,23,27H,4-11,16H2,1-3H3,(H,28,29)(H,31,32)/t17-,18-,21-,23+/m1/s1. The molecular weight excluding hydrogens is 424 g/mol. The van der Waals surface area contributed by atoms with Crippen LogP contribution in [0.1, 0.15) is 100 Å². The zero-order valence-electron chi connectivity index (χ0n) is 20.0. The summed E-state index contributed by atoms with van der Waals surface area (Å²) in [5, 5.41) is 28.7. The Morgan fingerprint density at radius 1 is 1.03 bits per heavy atom. The van der Waals surface area contributed by atoms with E-state index in [4.69, 9.17) is 9.84 Å². The van der Waals surface area contributed by atoms with E-state index >= 15 is 0 Å². The van der Waals surface area contributed by atoms with Crippen LogP contribution in [0.2, 0.25) is 0 Å². The molecule has 0 unspecified atom stereocenters. The second-order valence-electron chi connectivity index (χ2n) is 9.85. The molecule has 2 rings (SSSR count). The number of carbonyl (C=O) groups excluding carboxylic acids is 1. The van der Waals surface area contributed by atoms with Gasteiger partial charge in [0.1, 0.15) is 17.6 Å². The third-order valence-electron chi connectivity index (χ3n) is 6.91. The first-order chi connectivity index (χ1) is 15.6. The lowest BCUT2D eigenvalue weighted by atomic mass is 9.77. The molecule has 0 spiro atoms. The molecule has 0 bridgehead atoms. The Bertz CT molecular complexity index is 791. The molecule has 1 aromatic carbocycles. The molecule has 0 aliphatic heterocycles. The quantitative estimate of drug-likeness (QED) is 0.295. The molecule has 0 amide bonds. The summed E-state index contributed by atoms with van der Waals surface area (Å²) in [7, 11) is 0. The lowest BCUT2D eigenvalue weighted by Gasteiger charge is -2.33. The van der Waals surface area contributed by atoms with Crippen molar-refractivity contribution in [2.75, 3.05) is 0 Å². The van der Waals surface area contributed by atoms with E-state index in [0.717, 1.165) is 18.8 Å². The van der Waals surface area contributed by atoms with Gasteiger partial charge in [0.25, 0.3) is 0 Å². The number of aliphatic carboxylic acids is 2. The minimum Gasteiger partial charge on any atom is -0.481 e. The number of aliphatic hydroxyl groups excluding tert-OH is 1. The number of hydrogen-bond acceptors (Lipinski definition) is 5. The van der Waals surface area contributed by atoms with Gasteiger partial charge >= 0.3 is 17.9 Å². The van der Waals surface area contributed by atoms with Crippen molar-refractivity contribution in [2.45, 2.75) is 96.7 Å². The van der Waals surface area contributed by atoms with Crippen molar-refractivity contribution < 1.29 is 34.4 Å². The van der Waals surface area contributed by atoms with Crippen LogP contribution in [0.3, 0.4) is 0 Å². The van der Waals surface area contributed by atoms with Gasteiger partial charge in [-0.05, 0) is 69.1 Å². The van der Waals surface area contributed by atoms with Crippen LogP contribution < -0.4 is 0 Å². The predicted octanol–water partition coefficient (Wildman–Crippen LogP) is 5.01. The molecule has 3 N–H and O–H groups in total. The fourth-order valence-electron chi connectivity index (χ4n) is 4.66. The summed E-state index contributed by atoms with van der Waals surface area (Å²) in [6.07, 6.45) is 6.01. The summed E-state index contributed by atoms with van der Waals surface area (Å²) < 4.78 is 5.34. The van der Waals surface area contributed by atoms with Gasteiger partial charge < -0.3 is 20.1 Å². The third kappa shape index (κ3) is 7.56. The van der Waals surface area contributed by atoms with Gasteiger partial charge in [0.05, 0.1) is 12.0 Å². The lowest BCUT2D eigenvalue weighted by Crippen LogP contribution is -2.48. The van der Waals surface area contributed by atoms with Crippen LogP contribution in [0, 0.1) is 11.3 Å². The maximum absolute atomic E-state index is 12.7. The van der Waals surface area contributed by atoms with E-state index in [2.05, 4.69) is 6.92 Å². The van der Waals surface area contributed by atoms with Gasteiger partial charge in [-0.1, -0.05) is 44.7 Å². The molecule has 1 aliphatic carbocycles. The van der Waals surface area contributed by atoms with Crippen LogP contribution in [0.25, 0.3) is 0 Å². The average molecular weight is 463 g/mol. The largest absolute Gasteiger partial charge is 0.481 e. The Morgan fingerprint density at radius 3 is 2.15 bits per heavy atom. The second kappa shape index (κ2) is 12.2. The molecule has 0 heterocycles. The molecule has 1 aliphatic rings. The lowest BCUT2D eigenvalue weighted by molar-refractivity contribution is -0.162. The Morgan fingerprint density at radius 2 is 1.64 bits per heavy atom. The Labute approximate surface area is 196 Å². The van der Waals surface area contributed by atoms with Gasteiger partial charge in [-0.15, -0.1) is 0 Å². The number of unbranched alkanes of at least 4 members (excludes halogenated alkanes) is 2. The number of carboxylic acids is 2. The molecule has 184 valence electrons. The Kier molecular flexibility index (Phi) is 9.89. The van der Waals surface area contributed by atoms with Crippen LogP contribution in [-0.4, -0.2) is 45.4 Å². The molecule has 0 aromatic heterocycles. The van der Waals surface area contributed by atoms with Crippen molar-refractivity contribution in [1.82, 2.24) is 0 Å². The predicted molar refractivity (Wildman–Crippen MR) is 124 cm³/mol. The number of rotatable bonds is 12. The minimum atomic E-state index is -1.67.